The minimum absolute atomic E-state index is 0.0878. The minimum atomic E-state index is -0.160. The largest absolute Gasteiger partial charge is 0.468 e. The Hall–Kier alpha value is -2.35. The fourth-order valence-electron chi connectivity index (χ4n) is 2.25. The predicted octanol–water partition coefficient (Wildman–Crippen LogP) is -0.0621. The van der Waals surface area contributed by atoms with Gasteiger partial charge in [-0.25, -0.2) is 0 Å². The lowest BCUT2D eigenvalue weighted by Gasteiger charge is -2.33. The van der Waals surface area contributed by atoms with Gasteiger partial charge in [-0.05, 0) is 12.1 Å². The Labute approximate surface area is 115 Å². The number of aromatic amines is 1. The summed E-state index contributed by atoms with van der Waals surface area (Å²) in [6.07, 6.45) is 1.67. The van der Waals surface area contributed by atoms with Gasteiger partial charge in [-0.15, -0.1) is 5.10 Å². The van der Waals surface area contributed by atoms with E-state index in [-0.39, 0.29) is 17.7 Å². The third-order valence-electron chi connectivity index (χ3n) is 3.32. The van der Waals surface area contributed by atoms with Gasteiger partial charge in [0.25, 0.3) is 5.91 Å². The van der Waals surface area contributed by atoms with Gasteiger partial charge in [0.15, 0.2) is 0 Å². The van der Waals surface area contributed by atoms with Crippen LogP contribution in [-0.2, 0) is 6.54 Å². The van der Waals surface area contributed by atoms with Crippen molar-refractivity contribution in [2.24, 2.45) is 0 Å². The topological polar surface area (TPSA) is 104 Å². The van der Waals surface area contributed by atoms with Crippen molar-refractivity contribution in [1.82, 2.24) is 25.0 Å². The molecule has 3 heterocycles. The zero-order valence-electron chi connectivity index (χ0n) is 11.0. The Morgan fingerprint density at radius 1 is 1.40 bits per heavy atom. The number of furan rings is 1. The highest BCUT2D eigenvalue weighted by atomic mass is 16.3. The SMILES string of the molecule is Nc1n[nH]c(C(=O)N2CCN(Cc3ccco3)CC2)n1. The maximum absolute atomic E-state index is 12.1. The highest BCUT2D eigenvalue weighted by Crippen LogP contribution is 2.10. The normalized spacial score (nSPS) is 16.5. The van der Waals surface area contributed by atoms with E-state index in [4.69, 9.17) is 10.2 Å². The summed E-state index contributed by atoms with van der Waals surface area (Å²) in [7, 11) is 0. The molecule has 2 aromatic heterocycles. The van der Waals surface area contributed by atoms with Gasteiger partial charge in [-0.3, -0.25) is 14.8 Å². The molecule has 0 aliphatic carbocycles. The molecule has 20 heavy (non-hydrogen) atoms. The quantitative estimate of drug-likeness (QED) is 0.813. The summed E-state index contributed by atoms with van der Waals surface area (Å²) in [5, 5.41) is 6.21. The van der Waals surface area contributed by atoms with Crippen LogP contribution in [0, 0.1) is 0 Å². The van der Waals surface area contributed by atoms with E-state index in [9.17, 15) is 4.79 Å². The standard InChI is InChI=1S/C12H16N6O2/c13-12-14-10(15-16-12)11(19)18-5-3-17(4-6-18)8-9-2-1-7-20-9/h1-2,7H,3-6,8H2,(H3,13,14,15,16). The molecule has 0 aromatic carbocycles. The van der Waals surface area contributed by atoms with E-state index >= 15 is 0 Å². The number of anilines is 1. The molecule has 1 aliphatic rings. The zero-order valence-corrected chi connectivity index (χ0v) is 11.0. The van der Waals surface area contributed by atoms with E-state index in [0.717, 1.165) is 25.4 Å². The first-order valence-corrected chi connectivity index (χ1v) is 6.44. The van der Waals surface area contributed by atoms with Crippen LogP contribution >= 0.6 is 0 Å². The van der Waals surface area contributed by atoms with Crippen LogP contribution in [-0.4, -0.2) is 57.1 Å². The second-order valence-electron chi connectivity index (χ2n) is 4.69. The first-order valence-electron chi connectivity index (χ1n) is 6.44. The number of H-pyrrole nitrogens is 1. The number of carbonyl (C=O) groups excluding carboxylic acids is 1. The highest BCUT2D eigenvalue weighted by molar-refractivity contribution is 5.90. The Bertz CT molecular complexity index is 571. The van der Waals surface area contributed by atoms with Gasteiger partial charge >= 0.3 is 0 Å². The van der Waals surface area contributed by atoms with Gasteiger partial charge < -0.3 is 15.1 Å². The third kappa shape index (κ3) is 2.64. The molecule has 1 aliphatic heterocycles. The van der Waals surface area contributed by atoms with Crippen molar-refractivity contribution in [3.05, 3.63) is 30.0 Å². The summed E-state index contributed by atoms with van der Waals surface area (Å²) in [5.41, 5.74) is 5.40. The lowest BCUT2D eigenvalue weighted by Crippen LogP contribution is -2.48. The number of carbonyl (C=O) groups is 1. The van der Waals surface area contributed by atoms with Crippen LogP contribution in [0.3, 0.4) is 0 Å². The van der Waals surface area contributed by atoms with Crippen LogP contribution in [0.2, 0.25) is 0 Å². The van der Waals surface area contributed by atoms with E-state index in [2.05, 4.69) is 20.1 Å². The van der Waals surface area contributed by atoms with E-state index < -0.39 is 0 Å². The van der Waals surface area contributed by atoms with Crippen molar-refractivity contribution in [2.75, 3.05) is 31.9 Å². The molecule has 1 fully saturated rings. The first kappa shape index (κ1) is 12.7. The van der Waals surface area contributed by atoms with Crippen molar-refractivity contribution in [1.29, 1.82) is 0 Å². The van der Waals surface area contributed by atoms with Gasteiger partial charge in [-0.2, -0.15) is 4.98 Å². The Kier molecular flexibility index (Phi) is 3.38. The zero-order chi connectivity index (χ0) is 13.9. The Balaban J connectivity index is 1.54. The van der Waals surface area contributed by atoms with Gasteiger partial charge in [0.05, 0.1) is 12.8 Å². The summed E-state index contributed by atoms with van der Waals surface area (Å²) < 4.78 is 5.32. The number of piperazine rings is 1. The average Bonchev–Trinajstić information content (AvgIpc) is 3.10. The van der Waals surface area contributed by atoms with E-state index in [0.29, 0.717) is 13.1 Å². The molecule has 106 valence electrons. The van der Waals surface area contributed by atoms with Gasteiger partial charge in [0.2, 0.25) is 11.8 Å². The van der Waals surface area contributed by atoms with Crippen LogP contribution in [0.1, 0.15) is 16.4 Å². The second-order valence-corrected chi connectivity index (χ2v) is 4.69. The molecule has 3 rings (SSSR count). The minimum Gasteiger partial charge on any atom is -0.468 e. The first-order chi connectivity index (χ1) is 9.72. The van der Waals surface area contributed by atoms with Crippen molar-refractivity contribution >= 4 is 11.9 Å². The fraction of sp³-hybridized carbons (Fsp3) is 0.417. The molecule has 0 spiro atoms. The molecule has 0 atom stereocenters. The van der Waals surface area contributed by atoms with E-state index in [1.165, 1.54) is 0 Å². The van der Waals surface area contributed by atoms with Crippen molar-refractivity contribution < 1.29 is 9.21 Å². The number of hydrogen-bond acceptors (Lipinski definition) is 6. The van der Waals surface area contributed by atoms with Crippen LogP contribution < -0.4 is 5.73 Å². The molecule has 1 amide bonds. The number of hydrogen-bond donors (Lipinski definition) is 2. The monoisotopic (exact) mass is 276 g/mol. The van der Waals surface area contributed by atoms with Gasteiger partial charge in [0.1, 0.15) is 5.76 Å². The third-order valence-corrected chi connectivity index (χ3v) is 3.32. The molecule has 0 saturated carbocycles. The molecular formula is C12H16N6O2. The Morgan fingerprint density at radius 2 is 2.20 bits per heavy atom. The second kappa shape index (κ2) is 5.33. The molecule has 0 bridgehead atoms. The molecule has 1 saturated heterocycles. The van der Waals surface area contributed by atoms with Crippen molar-refractivity contribution in [2.45, 2.75) is 6.54 Å². The highest BCUT2D eigenvalue weighted by Gasteiger charge is 2.24. The number of nitrogens with one attached hydrogen (secondary N) is 1. The van der Waals surface area contributed by atoms with Crippen LogP contribution in [0.4, 0.5) is 5.95 Å². The molecular weight excluding hydrogens is 260 g/mol. The van der Waals surface area contributed by atoms with E-state index in [1.807, 2.05) is 12.1 Å². The lowest BCUT2D eigenvalue weighted by atomic mass is 10.3. The number of rotatable bonds is 3. The van der Waals surface area contributed by atoms with Crippen LogP contribution in [0.15, 0.2) is 22.8 Å². The molecule has 3 N–H and O–H groups in total. The van der Waals surface area contributed by atoms with Crippen molar-refractivity contribution in [3.63, 3.8) is 0 Å². The summed E-state index contributed by atoms with van der Waals surface area (Å²) >= 11 is 0. The molecule has 8 heteroatoms. The number of nitrogens with two attached hydrogens (primary N) is 1. The maximum Gasteiger partial charge on any atom is 0.291 e. The number of aromatic nitrogens is 3. The average molecular weight is 276 g/mol. The number of amides is 1. The summed E-state index contributed by atoms with van der Waals surface area (Å²) in [5.74, 6) is 1.06. The molecule has 0 radical (unpaired) electrons. The lowest BCUT2D eigenvalue weighted by molar-refractivity contribution is 0.0609. The number of nitrogen functional groups attached to an aromatic ring is 1. The molecule has 0 unspecified atom stereocenters. The predicted molar refractivity (Wildman–Crippen MR) is 70.7 cm³/mol. The fourth-order valence-corrected chi connectivity index (χ4v) is 2.25. The molecule has 2 aromatic rings. The van der Waals surface area contributed by atoms with Crippen LogP contribution in [0.25, 0.3) is 0 Å². The van der Waals surface area contributed by atoms with Gasteiger partial charge in [0, 0.05) is 26.2 Å². The van der Waals surface area contributed by atoms with Crippen LogP contribution in [0.5, 0.6) is 0 Å². The summed E-state index contributed by atoms with van der Waals surface area (Å²) in [6, 6.07) is 3.83. The molecule has 8 nitrogen and oxygen atoms in total. The number of nitrogens with zero attached hydrogens (tertiary/aromatic N) is 4. The summed E-state index contributed by atoms with van der Waals surface area (Å²) in [4.78, 5) is 20.0. The Morgan fingerprint density at radius 3 is 2.80 bits per heavy atom. The van der Waals surface area contributed by atoms with Crippen molar-refractivity contribution in [3.8, 4) is 0 Å². The summed E-state index contributed by atoms with van der Waals surface area (Å²) in [6.45, 7) is 3.68. The maximum atomic E-state index is 12.1. The van der Waals surface area contributed by atoms with Gasteiger partial charge in [-0.1, -0.05) is 0 Å². The smallest absolute Gasteiger partial charge is 0.291 e. The van der Waals surface area contributed by atoms with E-state index in [1.54, 1.807) is 11.2 Å².